The molecule has 21 heavy (non-hydrogen) atoms. The summed E-state index contributed by atoms with van der Waals surface area (Å²) >= 11 is 0. The number of nitrogens with one attached hydrogen (secondary N) is 1. The lowest BCUT2D eigenvalue weighted by Gasteiger charge is -2.43. The summed E-state index contributed by atoms with van der Waals surface area (Å²) in [4.78, 5) is 6.77. The van der Waals surface area contributed by atoms with E-state index < -0.39 is 0 Å². The monoisotopic (exact) mass is 289 g/mol. The number of pyridine rings is 1. The van der Waals surface area contributed by atoms with Gasteiger partial charge >= 0.3 is 0 Å². The van der Waals surface area contributed by atoms with Crippen molar-refractivity contribution in [3.05, 3.63) is 30.1 Å². The lowest BCUT2D eigenvalue weighted by atomic mass is 9.76. The second-order valence-corrected chi connectivity index (χ2v) is 6.83. The van der Waals surface area contributed by atoms with Gasteiger partial charge in [0.25, 0.3) is 0 Å². The van der Waals surface area contributed by atoms with E-state index in [-0.39, 0.29) is 0 Å². The molecule has 0 amide bonds. The molecule has 3 unspecified atom stereocenters. The zero-order chi connectivity index (χ0) is 15.2. The fourth-order valence-corrected chi connectivity index (χ4v) is 3.67. The molecule has 1 fully saturated rings. The standard InChI is InChI=1S/C18H31N3/c1-5-20-17-9-8-16(14(2)3)11-18(17)21(4)13-15-7-6-10-19-12-15/h6-7,10,12,14,16-18,20H,5,8-9,11,13H2,1-4H3. The van der Waals surface area contributed by atoms with Crippen molar-refractivity contribution in [3.63, 3.8) is 0 Å². The summed E-state index contributed by atoms with van der Waals surface area (Å²) in [7, 11) is 2.27. The van der Waals surface area contributed by atoms with Gasteiger partial charge in [0, 0.05) is 31.0 Å². The average Bonchev–Trinajstić information content (AvgIpc) is 2.48. The number of aromatic nitrogens is 1. The molecule has 1 heterocycles. The molecule has 0 spiro atoms. The molecule has 1 aliphatic carbocycles. The van der Waals surface area contributed by atoms with E-state index in [0.717, 1.165) is 24.9 Å². The molecule has 0 aromatic carbocycles. The lowest BCUT2D eigenvalue weighted by Crippen LogP contribution is -2.52. The second kappa shape index (κ2) is 7.90. The molecule has 1 aliphatic rings. The molecule has 0 saturated heterocycles. The first kappa shape index (κ1) is 16.4. The Bertz CT molecular complexity index is 404. The molecule has 1 saturated carbocycles. The van der Waals surface area contributed by atoms with Gasteiger partial charge in [-0.1, -0.05) is 26.8 Å². The van der Waals surface area contributed by atoms with E-state index in [9.17, 15) is 0 Å². The van der Waals surface area contributed by atoms with Gasteiger partial charge in [0.05, 0.1) is 0 Å². The molecule has 1 N–H and O–H groups in total. The van der Waals surface area contributed by atoms with E-state index in [0.29, 0.717) is 12.1 Å². The average molecular weight is 289 g/mol. The van der Waals surface area contributed by atoms with Crippen molar-refractivity contribution in [2.75, 3.05) is 13.6 Å². The highest BCUT2D eigenvalue weighted by molar-refractivity contribution is 5.08. The van der Waals surface area contributed by atoms with Crippen LogP contribution in [0.2, 0.25) is 0 Å². The second-order valence-electron chi connectivity index (χ2n) is 6.83. The molecule has 3 nitrogen and oxygen atoms in total. The molecule has 1 aromatic rings. The van der Waals surface area contributed by atoms with Gasteiger partial charge in [0.2, 0.25) is 0 Å². The van der Waals surface area contributed by atoms with Crippen molar-refractivity contribution in [2.24, 2.45) is 11.8 Å². The van der Waals surface area contributed by atoms with Crippen molar-refractivity contribution >= 4 is 0 Å². The largest absolute Gasteiger partial charge is 0.313 e. The van der Waals surface area contributed by atoms with Crippen LogP contribution < -0.4 is 5.32 Å². The van der Waals surface area contributed by atoms with Gasteiger partial charge in [-0.05, 0) is 56.3 Å². The predicted octanol–water partition coefficient (Wildman–Crippen LogP) is 3.32. The third kappa shape index (κ3) is 4.52. The fourth-order valence-electron chi connectivity index (χ4n) is 3.67. The Morgan fingerprint density at radius 3 is 2.81 bits per heavy atom. The minimum absolute atomic E-state index is 0.631. The van der Waals surface area contributed by atoms with Gasteiger partial charge in [-0.2, -0.15) is 0 Å². The summed E-state index contributed by atoms with van der Waals surface area (Å²) in [6.45, 7) is 9.01. The third-order valence-corrected chi connectivity index (χ3v) is 4.99. The van der Waals surface area contributed by atoms with Crippen molar-refractivity contribution in [1.29, 1.82) is 0 Å². The van der Waals surface area contributed by atoms with Crippen LogP contribution in [0.1, 0.15) is 45.6 Å². The first-order chi connectivity index (χ1) is 10.1. The van der Waals surface area contributed by atoms with Crippen LogP contribution in [0.15, 0.2) is 24.5 Å². The molecule has 0 aliphatic heterocycles. The molecule has 3 heteroatoms. The van der Waals surface area contributed by atoms with Crippen molar-refractivity contribution in [2.45, 2.75) is 58.7 Å². The van der Waals surface area contributed by atoms with E-state index >= 15 is 0 Å². The Labute approximate surface area is 130 Å². The van der Waals surface area contributed by atoms with Crippen LogP contribution in [0, 0.1) is 11.8 Å². The van der Waals surface area contributed by atoms with Crippen LogP contribution in [0.4, 0.5) is 0 Å². The van der Waals surface area contributed by atoms with Crippen molar-refractivity contribution < 1.29 is 0 Å². The number of hydrogen-bond acceptors (Lipinski definition) is 3. The highest BCUT2D eigenvalue weighted by Gasteiger charge is 2.33. The summed E-state index contributed by atoms with van der Waals surface area (Å²) in [5.74, 6) is 1.66. The Balaban J connectivity index is 2.03. The number of nitrogens with zero attached hydrogens (tertiary/aromatic N) is 2. The Kier molecular flexibility index (Phi) is 6.19. The molecular formula is C18H31N3. The van der Waals surface area contributed by atoms with Gasteiger partial charge < -0.3 is 5.32 Å². The SMILES string of the molecule is CCNC1CCC(C(C)C)CC1N(C)Cc1cccnc1. The van der Waals surface area contributed by atoms with E-state index in [1.54, 1.807) is 0 Å². The number of hydrogen-bond donors (Lipinski definition) is 1. The molecule has 3 atom stereocenters. The minimum atomic E-state index is 0.631. The Morgan fingerprint density at radius 2 is 2.19 bits per heavy atom. The topological polar surface area (TPSA) is 28.2 Å². The zero-order valence-corrected chi connectivity index (χ0v) is 14.0. The van der Waals surface area contributed by atoms with Crippen LogP contribution in [0.5, 0.6) is 0 Å². The molecule has 1 aromatic heterocycles. The molecular weight excluding hydrogens is 258 g/mol. The van der Waals surface area contributed by atoms with Crippen LogP contribution in [0.25, 0.3) is 0 Å². The maximum absolute atomic E-state index is 4.24. The highest BCUT2D eigenvalue weighted by atomic mass is 15.2. The quantitative estimate of drug-likeness (QED) is 0.871. The molecule has 118 valence electrons. The first-order valence-corrected chi connectivity index (χ1v) is 8.44. The summed E-state index contributed by atoms with van der Waals surface area (Å²) in [6.07, 6.45) is 7.82. The normalized spacial score (nSPS) is 26.5. The smallest absolute Gasteiger partial charge is 0.0312 e. The van der Waals surface area contributed by atoms with Crippen LogP contribution in [0.3, 0.4) is 0 Å². The van der Waals surface area contributed by atoms with Gasteiger partial charge in [-0.25, -0.2) is 0 Å². The zero-order valence-electron chi connectivity index (χ0n) is 14.0. The van der Waals surface area contributed by atoms with Crippen LogP contribution in [-0.4, -0.2) is 35.6 Å². The third-order valence-electron chi connectivity index (χ3n) is 4.99. The van der Waals surface area contributed by atoms with Crippen molar-refractivity contribution in [3.8, 4) is 0 Å². The van der Waals surface area contributed by atoms with Gasteiger partial charge in [-0.15, -0.1) is 0 Å². The van der Waals surface area contributed by atoms with Gasteiger partial charge in [-0.3, -0.25) is 9.88 Å². The van der Waals surface area contributed by atoms with Gasteiger partial charge in [0.1, 0.15) is 0 Å². The predicted molar refractivity (Wildman–Crippen MR) is 89.1 cm³/mol. The summed E-state index contributed by atoms with van der Waals surface area (Å²) in [5.41, 5.74) is 1.31. The summed E-state index contributed by atoms with van der Waals surface area (Å²) in [5, 5.41) is 3.70. The maximum atomic E-state index is 4.24. The van der Waals surface area contributed by atoms with Gasteiger partial charge in [0.15, 0.2) is 0 Å². The van der Waals surface area contributed by atoms with E-state index in [4.69, 9.17) is 0 Å². The number of rotatable bonds is 6. The lowest BCUT2D eigenvalue weighted by molar-refractivity contribution is 0.0981. The van der Waals surface area contributed by atoms with E-state index in [1.807, 2.05) is 18.5 Å². The van der Waals surface area contributed by atoms with E-state index in [2.05, 4.69) is 49.1 Å². The number of likely N-dealkylation sites (N-methyl/N-ethyl adjacent to an activating group) is 2. The summed E-state index contributed by atoms with van der Waals surface area (Å²) < 4.78 is 0. The van der Waals surface area contributed by atoms with Crippen molar-refractivity contribution in [1.82, 2.24) is 15.2 Å². The highest BCUT2D eigenvalue weighted by Crippen LogP contribution is 2.32. The maximum Gasteiger partial charge on any atom is 0.0312 e. The van der Waals surface area contributed by atoms with Crippen LogP contribution in [-0.2, 0) is 6.54 Å². The Morgan fingerprint density at radius 1 is 1.38 bits per heavy atom. The molecule has 2 rings (SSSR count). The first-order valence-electron chi connectivity index (χ1n) is 8.44. The minimum Gasteiger partial charge on any atom is -0.313 e. The van der Waals surface area contributed by atoms with Crippen LogP contribution >= 0.6 is 0 Å². The molecule has 0 bridgehead atoms. The summed E-state index contributed by atoms with van der Waals surface area (Å²) in [6, 6.07) is 5.47. The fraction of sp³-hybridized carbons (Fsp3) is 0.722. The molecule has 0 radical (unpaired) electrons. The Hall–Kier alpha value is -0.930. The van der Waals surface area contributed by atoms with E-state index in [1.165, 1.54) is 24.8 Å².